The Balaban J connectivity index is 1.05. The van der Waals surface area contributed by atoms with E-state index in [9.17, 15) is 0 Å². The van der Waals surface area contributed by atoms with Gasteiger partial charge in [-0.3, -0.25) is 0 Å². The Kier molecular flexibility index (Phi) is 9.68. The van der Waals surface area contributed by atoms with Crippen LogP contribution in [0, 0.1) is 0 Å². The van der Waals surface area contributed by atoms with Crippen LogP contribution in [0.4, 0.5) is 0 Å². The molecule has 7 aromatic carbocycles. The normalized spacial score (nSPS) is 12.5. The van der Waals surface area contributed by atoms with Crippen molar-refractivity contribution in [2.24, 2.45) is 0 Å². The molecular formula is C55H44N6. The van der Waals surface area contributed by atoms with Crippen molar-refractivity contribution in [3.63, 3.8) is 0 Å². The molecule has 0 radical (unpaired) electrons. The number of aromatic nitrogens is 6. The predicted molar refractivity (Wildman–Crippen MR) is 248 cm³/mol. The van der Waals surface area contributed by atoms with Crippen LogP contribution in [0.1, 0.15) is 49.9 Å². The lowest BCUT2D eigenvalue weighted by atomic mass is 9.80. The Morgan fingerprint density at radius 1 is 0.311 bits per heavy atom. The average molecular weight is 789 g/mol. The number of hydrogen-bond acceptors (Lipinski definition) is 6. The maximum absolute atomic E-state index is 5.06. The van der Waals surface area contributed by atoms with Gasteiger partial charge in [-0.2, -0.15) is 0 Å². The molecule has 0 amide bonds. The maximum Gasteiger partial charge on any atom is 0.164 e. The SMILES string of the molecule is CCc1cc(-c2nc(-c3ccccc3)nc(-c3ccccc3)n2)ccc1-c1cc2c(cc1CC)-c1ccc(-c3nc(-c4ccccc4)nc(-c4ccccc4)n3)cc1C2(C)C. The van der Waals surface area contributed by atoms with Crippen molar-refractivity contribution in [2.45, 2.75) is 46.0 Å². The summed E-state index contributed by atoms with van der Waals surface area (Å²) in [5.74, 6) is 3.96. The minimum Gasteiger partial charge on any atom is -0.208 e. The fourth-order valence-corrected chi connectivity index (χ4v) is 8.67. The molecule has 0 saturated heterocycles. The van der Waals surface area contributed by atoms with E-state index < -0.39 is 0 Å². The van der Waals surface area contributed by atoms with E-state index in [-0.39, 0.29) is 5.41 Å². The summed E-state index contributed by atoms with van der Waals surface area (Å²) in [5, 5.41) is 0. The van der Waals surface area contributed by atoms with Crippen LogP contribution in [-0.4, -0.2) is 29.9 Å². The molecule has 0 N–H and O–H groups in total. The maximum atomic E-state index is 5.06. The first-order valence-electron chi connectivity index (χ1n) is 21.1. The van der Waals surface area contributed by atoms with Gasteiger partial charge in [0.2, 0.25) is 0 Å². The number of fused-ring (bicyclic) bond motifs is 3. The van der Waals surface area contributed by atoms with Crippen molar-refractivity contribution in [3.8, 4) is 90.6 Å². The van der Waals surface area contributed by atoms with Gasteiger partial charge in [-0.1, -0.05) is 179 Å². The zero-order chi connectivity index (χ0) is 41.5. The lowest BCUT2D eigenvalue weighted by molar-refractivity contribution is 0.660. The zero-order valence-corrected chi connectivity index (χ0v) is 34.8. The third-order valence-corrected chi connectivity index (χ3v) is 12.0. The summed E-state index contributed by atoms with van der Waals surface area (Å²) in [6.07, 6.45) is 1.77. The van der Waals surface area contributed by atoms with Gasteiger partial charge in [0.25, 0.3) is 0 Å². The van der Waals surface area contributed by atoms with E-state index in [1.165, 1.54) is 44.5 Å². The Morgan fingerprint density at radius 3 is 1.07 bits per heavy atom. The van der Waals surface area contributed by atoms with Crippen LogP contribution >= 0.6 is 0 Å². The molecule has 294 valence electrons. The smallest absolute Gasteiger partial charge is 0.164 e. The first-order chi connectivity index (χ1) is 29.9. The molecule has 0 spiro atoms. The van der Waals surface area contributed by atoms with E-state index in [1.807, 2.05) is 121 Å². The summed E-state index contributed by atoms with van der Waals surface area (Å²) >= 11 is 0. The number of nitrogens with zero attached hydrogens (tertiary/aromatic N) is 6. The van der Waals surface area contributed by atoms with Gasteiger partial charge in [-0.15, -0.1) is 0 Å². The minimum atomic E-state index is -0.266. The molecular weight excluding hydrogens is 745 g/mol. The molecule has 6 heteroatoms. The van der Waals surface area contributed by atoms with Crippen LogP contribution in [0.5, 0.6) is 0 Å². The second-order valence-electron chi connectivity index (χ2n) is 16.1. The molecule has 10 rings (SSSR count). The van der Waals surface area contributed by atoms with Gasteiger partial charge in [0.1, 0.15) is 0 Å². The summed E-state index contributed by atoms with van der Waals surface area (Å²) in [6.45, 7) is 9.17. The average Bonchev–Trinajstić information content (AvgIpc) is 3.55. The fourth-order valence-electron chi connectivity index (χ4n) is 8.67. The summed E-state index contributed by atoms with van der Waals surface area (Å²) in [4.78, 5) is 30.0. The van der Waals surface area contributed by atoms with Crippen LogP contribution in [0.3, 0.4) is 0 Å². The molecule has 0 bridgehead atoms. The molecule has 0 fully saturated rings. The van der Waals surface area contributed by atoms with Gasteiger partial charge in [0.15, 0.2) is 34.9 Å². The Morgan fingerprint density at radius 2 is 0.656 bits per heavy atom. The van der Waals surface area contributed by atoms with Gasteiger partial charge in [-0.25, -0.2) is 29.9 Å². The van der Waals surface area contributed by atoms with E-state index in [4.69, 9.17) is 29.9 Å². The largest absolute Gasteiger partial charge is 0.208 e. The number of benzene rings is 7. The minimum absolute atomic E-state index is 0.266. The topological polar surface area (TPSA) is 77.3 Å². The van der Waals surface area contributed by atoms with Crippen LogP contribution < -0.4 is 0 Å². The highest BCUT2D eigenvalue weighted by Gasteiger charge is 2.37. The number of hydrogen-bond donors (Lipinski definition) is 0. The molecule has 0 unspecified atom stereocenters. The summed E-state index contributed by atoms with van der Waals surface area (Å²) < 4.78 is 0. The van der Waals surface area contributed by atoms with Gasteiger partial charge in [0, 0.05) is 38.8 Å². The monoisotopic (exact) mass is 788 g/mol. The number of aryl methyl sites for hydroxylation is 2. The Hall–Kier alpha value is -7.44. The lowest BCUT2D eigenvalue weighted by Crippen LogP contribution is -2.15. The standard InChI is InChI=1S/C55H44N6/c1-5-35-31-41(53-58-49(37-19-11-7-12-20-37)56-50(59-53)38-21-13-8-14-22-38)27-29-43(35)45-34-48-46(32-36(45)6-2)44-30-28-42(33-47(44)55(48,3)4)54-60-51(39-23-15-9-16-24-39)57-52(61-54)40-25-17-10-18-26-40/h7-34H,5-6H2,1-4H3. The van der Waals surface area contributed by atoms with E-state index in [0.717, 1.165) is 46.2 Å². The molecule has 9 aromatic rings. The van der Waals surface area contributed by atoms with Crippen molar-refractivity contribution in [1.29, 1.82) is 0 Å². The highest BCUT2D eigenvalue weighted by Crippen LogP contribution is 2.52. The van der Waals surface area contributed by atoms with Gasteiger partial charge in [0.05, 0.1) is 0 Å². The Bertz CT molecular complexity index is 2940. The zero-order valence-electron chi connectivity index (χ0n) is 34.8. The van der Waals surface area contributed by atoms with Crippen LogP contribution in [0.2, 0.25) is 0 Å². The lowest BCUT2D eigenvalue weighted by Gasteiger charge is -2.24. The molecule has 2 heterocycles. The van der Waals surface area contributed by atoms with Crippen LogP contribution in [0.15, 0.2) is 170 Å². The number of rotatable bonds is 9. The summed E-state index contributed by atoms with van der Waals surface area (Å²) in [6, 6.07) is 58.9. The second-order valence-corrected chi connectivity index (χ2v) is 16.1. The molecule has 2 aromatic heterocycles. The molecule has 1 aliphatic rings. The molecule has 61 heavy (non-hydrogen) atoms. The van der Waals surface area contributed by atoms with Crippen LogP contribution in [-0.2, 0) is 18.3 Å². The molecule has 0 aliphatic heterocycles. The van der Waals surface area contributed by atoms with E-state index >= 15 is 0 Å². The third-order valence-electron chi connectivity index (χ3n) is 12.0. The Labute approximate surface area is 357 Å². The summed E-state index contributed by atoms with van der Waals surface area (Å²) in [7, 11) is 0. The van der Waals surface area contributed by atoms with Crippen molar-refractivity contribution in [3.05, 3.63) is 192 Å². The predicted octanol–water partition coefficient (Wildman–Crippen LogP) is 13.2. The third kappa shape index (κ3) is 7.00. The summed E-state index contributed by atoms with van der Waals surface area (Å²) in [5.41, 5.74) is 15.7. The molecule has 6 nitrogen and oxygen atoms in total. The van der Waals surface area contributed by atoms with Gasteiger partial charge < -0.3 is 0 Å². The highest BCUT2D eigenvalue weighted by atomic mass is 15.0. The molecule has 1 aliphatic carbocycles. The molecule has 0 saturated carbocycles. The van der Waals surface area contributed by atoms with Crippen molar-refractivity contribution < 1.29 is 0 Å². The van der Waals surface area contributed by atoms with Gasteiger partial charge in [-0.05, 0) is 75.5 Å². The van der Waals surface area contributed by atoms with Crippen molar-refractivity contribution in [1.82, 2.24) is 29.9 Å². The molecule has 0 atom stereocenters. The highest BCUT2D eigenvalue weighted by molar-refractivity contribution is 5.88. The van der Waals surface area contributed by atoms with Crippen LogP contribution in [0.25, 0.3) is 90.6 Å². The van der Waals surface area contributed by atoms with E-state index in [1.54, 1.807) is 0 Å². The quantitative estimate of drug-likeness (QED) is 0.145. The fraction of sp³-hybridized carbons (Fsp3) is 0.127. The second kappa shape index (κ2) is 15.6. The first-order valence-corrected chi connectivity index (χ1v) is 21.1. The van der Waals surface area contributed by atoms with Crippen molar-refractivity contribution >= 4 is 0 Å². The van der Waals surface area contributed by atoms with Gasteiger partial charge >= 0.3 is 0 Å². The van der Waals surface area contributed by atoms with E-state index in [0.29, 0.717) is 34.9 Å². The first kappa shape index (κ1) is 37.8. The van der Waals surface area contributed by atoms with Crippen molar-refractivity contribution in [2.75, 3.05) is 0 Å². The van der Waals surface area contributed by atoms with E-state index in [2.05, 4.69) is 76.2 Å².